The van der Waals surface area contributed by atoms with Crippen molar-refractivity contribution in [2.45, 2.75) is 32.6 Å². The van der Waals surface area contributed by atoms with Gasteiger partial charge >= 0.3 is 11.7 Å². The summed E-state index contributed by atoms with van der Waals surface area (Å²) < 4.78 is 5.18. The van der Waals surface area contributed by atoms with Crippen molar-refractivity contribution in [2.24, 2.45) is 4.99 Å². The molecule has 0 bridgehead atoms. The first-order valence-electron chi connectivity index (χ1n) is 8.34. The zero-order valence-electron chi connectivity index (χ0n) is 14.2. The number of nitro benzene ring substituents is 1. The van der Waals surface area contributed by atoms with Gasteiger partial charge in [0.2, 0.25) is 0 Å². The van der Waals surface area contributed by atoms with E-state index in [9.17, 15) is 20.0 Å². The van der Waals surface area contributed by atoms with Gasteiger partial charge in [-0.05, 0) is 55.9 Å². The lowest BCUT2D eigenvalue weighted by molar-refractivity contribution is -0.385. The second kappa shape index (κ2) is 7.65. The number of aliphatic imine (C=N–C) groups is 1. The fourth-order valence-corrected chi connectivity index (χ4v) is 4.18. The molecule has 1 aliphatic rings. The van der Waals surface area contributed by atoms with Gasteiger partial charge in [-0.3, -0.25) is 10.1 Å². The summed E-state index contributed by atoms with van der Waals surface area (Å²) in [4.78, 5) is 28.2. The van der Waals surface area contributed by atoms with Crippen LogP contribution in [0.3, 0.4) is 0 Å². The lowest BCUT2D eigenvalue weighted by atomic mass is 9.95. The summed E-state index contributed by atoms with van der Waals surface area (Å²) in [5.74, 6) is -0.776. The maximum Gasteiger partial charge on any atom is 0.341 e. The van der Waals surface area contributed by atoms with Gasteiger partial charge in [0.05, 0.1) is 17.1 Å². The van der Waals surface area contributed by atoms with E-state index in [0.717, 1.165) is 36.1 Å². The fourth-order valence-electron chi connectivity index (χ4n) is 2.96. The monoisotopic (exact) mass is 374 g/mol. The van der Waals surface area contributed by atoms with Crippen LogP contribution in [0.1, 0.15) is 46.1 Å². The molecule has 26 heavy (non-hydrogen) atoms. The lowest BCUT2D eigenvalue weighted by Gasteiger charge is -2.11. The topological polar surface area (TPSA) is 102 Å². The van der Waals surface area contributed by atoms with Crippen LogP contribution >= 0.6 is 11.3 Å². The molecule has 0 atom stereocenters. The molecule has 1 aromatic heterocycles. The van der Waals surface area contributed by atoms with Crippen molar-refractivity contribution in [3.05, 3.63) is 49.9 Å². The van der Waals surface area contributed by atoms with Crippen molar-refractivity contribution in [2.75, 3.05) is 6.61 Å². The Morgan fingerprint density at radius 1 is 1.42 bits per heavy atom. The van der Waals surface area contributed by atoms with Crippen molar-refractivity contribution in [3.8, 4) is 5.75 Å². The molecule has 0 radical (unpaired) electrons. The molecule has 0 saturated heterocycles. The maximum absolute atomic E-state index is 12.4. The Labute approximate surface area is 154 Å². The predicted octanol–water partition coefficient (Wildman–Crippen LogP) is 4.17. The molecule has 0 amide bonds. The van der Waals surface area contributed by atoms with Crippen LogP contribution in [0.25, 0.3) is 0 Å². The number of thiophene rings is 1. The average molecular weight is 374 g/mol. The van der Waals surface area contributed by atoms with Crippen molar-refractivity contribution in [3.63, 3.8) is 0 Å². The summed E-state index contributed by atoms with van der Waals surface area (Å²) in [6.45, 7) is 2.05. The van der Waals surface area contributed by atoms with Crippen molar-refractivity contribution >= 4 is 34.2 Å². The number of phenols is 1. The van der Waals surface area contributed by atoms with E-state index >= 15 is 0 Å². The Morgan fingerprint density at radius 2 is 2.19 bits per heavy atom. The van der Waals surface area contributed by atoms with Crippen molar-refractivity contribution < 1.29 is 19.6 Å². The highest BCUT2D eigenvalue weighted by Gasteiger charge is 2.26. The predicted molar refractivity (Wildman–Crippen MR) is 98.9 cm³/mol. The minimum Gasteiger partial charge on any atom is -0.502 e. The summed E-state index contributed by atoms with van der Waals surface area (Å²) in [6.07, 6.45) is 5.34. The van der Waals surface area contributed by atoms with Gasteiger partial charge in [0.1, 0.15) is 5.00 Å². The molecule has 1 aromatic carbocycles. The largest absolute Gasteiger partial charge is 0.502 e. The van der Waals surface area contributed by atoms with E-state index in [2.05, 4.69) is 4.99 Å². The van der Waals surface area contributed by atoms with Gasteiger partial charge < -0.3 is 9.84 Å². The Balaban J connectivity index is 1.98. The summed E-state index contributed by atoms with van der Waals surface area (Å²) in [7, 11) is 0. The van der Waals surface area contributed by atoms with Gasteiger partial charge in [0.25, 0.3) is 0 Å². The van der Waals surface area contributed by atoms with Crippen LogP contribution < -0.4 is 0 Å². The minimum atomic E-state index is -0.652. The van der Waals surface area contributed by atoms with E-state index < -0.39 is 10.7 Å². The van der Waals surface area contributed by atoms with Crippen molar-refractivity contribution in [1.82, 2.24) is 0 Å². The molecule has 3 rings (SSSR count). The van der Waals surface area contributed by atoms with Gasteiger partial charge in [0, 0.05) is 17.2 Å². The number of nitro groups is 1. The number of carbonyl (C=O) groups excluding carboxylic acids is 1. The molecule has 0 saturated carbocycles. The number of phenolic OH excluding ortho intramolecular Hbond substituents is 1. The normalized spacial score (nSPS) is 13.6. The van der Waals surface area contributed by atoms with E-state index in [1.165, 1.54) is 35.8 Å². The summed E-state index contributed by atoms with van der Waals surface area (Å²) in [5, 5.41) is 21.0. The van der Waals surface area contributed by atoms with Gasteiger partial charge in [-0.15, -0.1) is 11.3 Å². The number of nitrogens with zero attached hydrogens (tertiary/aromatic N) is 2. The highest BCUT2D eigenvalue weighted by atomic mass is 32.1. The lowest BCUT2D eigenvalue weighted by Crippen LogP contribution is -2.09. The SMILES string of the molecule is CCOC(=O)c1c(N=Cc2ccc(O)c([N+](=O)[O-])c2)sc2c1CCCC2. The maximum atomic E-state index is 12.4. The molecule has 2 aromatic rings. The van der Waals surface area contributed by atoms with Gasteiger partial charge in [-0.2, -0.15) is 0 Å². The van der Waals surface area contributed by atoms with Gasteiger partial charge in [-0.25, -0.2) is 9.79 Å². The number of hydrogen-bond acceptors (Lipinski definition) is 7. The summed E-state index contributed by atoms with van der Waals surface area (Å²) >= 11 is 1.47. The molecule has 1 heterocycles. The van der Waals surface area contributed by atoms with Crippen molar-refractivity contribution in [1.29, 1.82) is 0 Å². The van der Waals surface area contributed by atoms with Crippen LogP contribution in [0.15, 0.2) is 23.2 Å². The number of carbonyl (C=O) groups is 1. The highest BCUT2D eigenvalue weighted by molar-refractivity contribution is 7.16. The number of esters is 1. The first-order chi connectivity index (χ1) is 12.5. The number of aromatic hydroxyl groups is 1. The molecular formula is C18H18N2O5S. The molecule has 1 N–H and O–H groups in total. The van der Waals surface area contributed by atoms with E-state index in [0.29, 0.717) is 16.1 Å². The second-order valence-electron chi connectivity index (χ2n) is 5.87. The Morgan fingerprint density at radius 3 is 2.92 bits per heavy atom. The third kappa shape index (κ3) is 3.60. The Hall–Kier alpha value is -2.74. The minimum absolute atomic E-state index is 0.288. The number of rotatable bonds is 5. The molecular weight excluding hydrogens is 356 g/mol. The van der Waals surface area contributed by atoms with Crippen LogP contribution in [0.5, 0.6) is 5.75 Å². The zero-order chi connectivity index (χ0) is 18.7. The third-order valence-electron chi connectivity index (χ3n) is 4.16. The molecule has 0 spiro atoms. The highest BCUT2D eigenvalue weighted by Crippen LogP contribution is 2.40. The summed E-state index contributed by atoms with van der Waals surface area (Å²) in [5.41, 5.74) is 1.61. The first kappa shape index (κ1) is 18.1. The molecule has 136 valence electrons. The molecule has 0 fully saturated rings. The number of fused-ring (bicyclic) bond motifs is 1. The molecule has 8 heteroatoms. The Bertz CT molecular complexity index is 888. The van der Waals surface area contributed by atoms with E-state index in [4.69, 9.17) is 4.74 Å². The average Bonchev–Trinajstić information content (AvgIpc) is 2.99. The van der Waals surface area contributed by atoms with Crippen LogP contribution in [0.4, 0.5) is 10.7 Å². The molecule has 7 nitrogen and oxygen atoms in total. The van der Waals surface area contributed by atoms with Crippen LogP contribution in [-0.2, 0) is 17.6 Å². The smallest absolute Gasteiger partial charge is 0.341 e. The van der Waals surface area contributed by atoms with Crippen LogP contribution in [0.2, 0.25) is 0 Å². The molecule has 1 aliphatic carbocycles. The van der Waals surface area contributed by atoms with Gasteiger partial charge in [0.15, 0.2) is 5.75 Å². The van der Waals surface area contributed by atoms with E-state index in [1.807, 2.05) is 0 Å². The standard InChI is InChI=1S/C18H18N2O5S/c1-2-25-18(22)16-12-5-3-4-6-15(12)26-17(16)19-10-11-7-8-14(21)13(9-11)20(23)24/h7-10,21H,2-6H2,1H3. The Kier molecular flexibility index (Phi) is 5.32. The quantitative estimate of drug-likeness (QED) is 0.366. The second-order valence-corrected chi connectivity index (χ2v) is 6.96. The van der Waals surface area contributed by atoms with E-state index in [-0.39, 0.29) is 18.3 Å². The summed E-state index contributed by atoms with van der Waals surface area (Å²) in [6, 6.07) is 4.03. The molecule has 0 unspecified atom stereocenters. The van der Waals surface area contributed by atoms with Crippen LogP contribution in [0, 0.1) is 10.1 Å². The first-order valence-corrected chi connectivity index (χ1v) is 9.16. The number of aryl methyl sites for hydroxylation is 1. The number of hydrogen-bond donors (Lipinski definition) is 1. The van der Waals surface area contributed by atoms with Gasteiger partial charge in [-0.1, -0.05) is 0 Å². The van der Waals surface area contributed by atoms with E-state index in [1.54, 1.807) is 6.92 Å². The zero-order valence-corrected chi connectivity index (χ0v) is 15.0. The number of ether oxygens (including phenoxy) is 1. The molecule has 0 aliphatic heterocycles. The third-order valence-corrected chi connectivity index (χ3v) is 5.36. The van der Waals surface area contributed by atoms with Crippen LogP contribution in [-0.4, -0.2) is 28.8 Å². The number of benzene rings is 1. The fraction of sp³-hybridized carbons (Fsp3) is 0.333.